The summed E-state index contributed by atoms with van der Waals surface area (Å²) in [7, 11) is 1.43. The highest BCUT2D eigenvalue weighted by Crippen LogP contribution is 2.46. The first-order chi connectivity index (χ1) is 6.84. The number of aliphatic hydroxyl groups is 1. The Morgan fingerprint density at radius 3 is 2.53 bits per heavy atom. The zero-order valence-electron chi connectivity index (χ0n) is 10.2. The molecule has 1 rings (SSSR count). The Morgan fingerprint density at radius 1 is 1.53 bits per heavy atom. The van der Waals surface area contributed by atoms with Crippen molar-refractivity contribution >= 4 is 5.97 Å². The van der Waals surface area contributed by atoms with Crippen LogP contribution in [0.3, 0.4) is 0 Å². The molecule has 3 heteroatoms. The molecule has 1 saturated carbocycles. The summed E-state index contributed by atoms with van der Waals surface area (Å²) >= 11 is 0. The average Bonchev–Trinajstić information content (AvgIpc) is 2.15. The second-order valence-corrected chi connectivity index (χ2v) is 5.36. The van der Waals surface area contributed by atoms with Gasteiger partial charge in [-0.05, 0) is 31.1 Å². The highest BCUT2D eigenvalue weighted by atomic mass is 16.5. The molecule has 1 aliphatic rings. The Hall–Kier alpha value is -0.570. The van der Waals surface area contributed by atoms with E-state index >= 15 is 0 Å². The van der Waals surface area contributed by atoms with E-state index in [0.29, 0.717) is 12.8 Å². The van der Waals surface area contributed by atoms with Crippen molar-refractivity contribution in [2.75, 3.05) is 7.11 Å². The lowest BCUT2D eigenvalue weighted by Gasteiger charge is -2.45. The van der Waals surface area contributed by atoms with Crippen LogP contribution in [0.15, 0.2) is 0 Å². The van der Waals surface area contributed by atoms with Crippen molar-refractivity contribution in [3.63, 3.8) is 0 Å². The van der Waals surface area contributed by atoms with Gasteiger partial charge in [0.05, 0.1) is 18.6 Å². The summed E-state index contributed by atoms with van der Waals surface area (Å²) in [6, 6.07) is 0. The number of hydrogen-bond acceptors (Lipinski definition) is 3. The monoisotopic (exact) mass is 214 g/mol. The summed E-state index contributed by atoms with van der Waals surface area (Å²) in [5.74, 6) is -0.215. The molecule has 0 aliphatic heterocycles. The molecule has 0 aromatic carbocycles. The second kappa shape index (κ2) is 4.12. The fourth-order valence-corrected chi connectivity index (χ4v) is 2.74. The minimum Gasteiger partial charge on any atom is -0.469 e. The Kier molecular flexibility index (Phi) is 3.44. The summed E-state index contributed by atoms with van der Waals surface area (Å²) in [6.45, 7) is 6.07. The molecule has 15 heavy (non-hydrogen) atoms. The molecule has 0 heterocycles. The van der Waals surface area contributed by atoms with Gasteiger partial charge in [-0.1, -0.05) is 20.8 Å². The van der Waals surface area contributed by atoms with Crippen molar-refractivity contribution < 1.29 is 14.6 Å². The van der Waals surface area contributed by atoms with Gasteiger partial charge in [-0.3, -0.25) is 4.79 Å². The third-order valence-electron chi connectivity index (χ3n) is 3.77. The number of carbonyl (C=O) groups excluding carboxylic acids is 1. The van der Waals surface area contributed by atoms with Crippen LogP contribution in [0.4, 0.5) is 0 Å². The van der Waals surface area contributed by atoms with Gasteiger partial charge in [-0.15, -0.1) is 0 Å². The van der Waals surface area contributed by atoms with Crippen molar-refractivity contribution in [2.45, 2.75) is 52.1 Å². The molecule has 0 radical (unpaired) electrons. The molecule has 1 aliphatic carbocycles. The van der Waals surface area contributed by atoms with Crippen LogP contribution < -0.4 is 0 Å². The van der Waals surface area contributed by atoms with Crippen molar-refractivity contribution in [1.29, 1.82) is 0 Å². The SMILES string of the molecule is CC[C@@]1(O)CC[C@H](C(=O)OC)C(C)(C)C1. The molecule has 0 aromatic heterocycles. The van der Waals surface area contributed by atoms with Crippen LogP contribution in [0.5, 0.6) is 0 Å². The molecule has 1 N–H and O–H groups in total. The van der Waals surface area contributed by atoms with E-state index in [0.717, 1.165) is 12.8 Å². The van der Waals surface area contributed by atoms with Gasteiger partial charge in [-0.2, -0.15) is 0 Å². The predicted octanol–water partition coefficient (Wildman–Crippen LogP) is 2.13. The highest BCUT2D eigenvalue weighted by Gasteiger charge is 2.46. The summed E-state index contributed by atoms with van der Waals surface area (Å²) < 4.78 is 4.81. The van der Waals surface area contributed by atoms with Crippen LogP contribution in [0.1, 0.15) is 46.5 Å². The smallest absolute Gasteiger partial charge is 0.309 e. The predicted molar refractivity (Wildman–Crippen MR) is 58.4 cm³/mol. The number of hydrogen-bond donors (Lipinski definition) is 1. The molecule has 1 fully saturated rings. The topological polar surface area (TPSA) is 46.5 Å². The quantitative estimate of drug-likeness (QED) is 0.716. The molecule has 88 valence electrons. The average molecular weight is 214 g/mol. The van der Waals surface area contributed by atoms with Gasteiger partial charge in [0, 0.05) is 0 Å². The zero-order valence-corrected chi connectivity index (χ0v) is 10.2. The molecular weight excluding hydrogens is 192 g/mol. The van der Waals surface area contributed by atoms with Crippen LogP contribution in [0, 0.1) is 11.3 Å². The summed E-state index contributed by atoms with van der Waals surface area (Å²) in [5.41, 5.74) is -0.760. The highest BCUT2D eigenvalue weighted by molar-refractivity contribution is 5.73. The van der Waals surface area contributed by atoms with E-state index in [-0.39, 0.29) is 17.3 Å². The van der Waals surface area contributed by atoms with E-state index in [4.69, 9.17) is 4.74 Å². The summed E-state index contributed by atoms with van der Waals surface area (Å²) in [6.07, 6.45) is 2.86. The van der Waals surface area contributed by atoms with Crippen LogP contribution in [0.2, 0.25) is 0 Å². The minimum atomic E-state index is -0.589. The van der Waals surface area contributed by atoms with Gasteiger partial charge in [0.1, 0.15) is 0 Å². The second-order valence-electron chi connectivity index (χ2n) is 5.36. The molecule has 0 bridgehead atoms. The van der Waals surface area contributed by atoms with Gasteiger partial charge >= 0.3 is 5.97 Å². The number of rotatable bonds is 2. The number of methoxy groups -OCH3 is 1. The van der Waals surface area contributed by atoms with Crippen molar-refractivity contribution in [1.82, 2.24) is 0 Å². The first kappa shape index (κ1) is 12.5. The molecule has 0 unspecified atom stereocenters. The lowest BCUT2D eigenvalue weighted by molar-refractivity contribution is -0.157. The van der Waals surface area contributed by atoms with Crippen molar-refractivity contribution in [3.05, 3.63) is 0 Å². The van der Waals surface area contributed by atoms with Gasteiger partial charge in [0.2, 0.25) is 0 Å². The minimum absolute atomic E-state index is 0.0747. The molecule has 0 spiro atoms. The summed E-state index contributed by atoms with van der Waals surface area (Å²) in [4.78, 5) is 11.6. The molecule has 0 saturated heterocycles. The van der Waals surface area contributed by atoms with Crippen LogP contribution in [-0.2, 0) is 9.53 Å². The van der Waals surface area contributed by atoms with Crippen molar-refractivity contribution in [2.24, 2.45) is 11.3 Å². The van der Waals surface area contributed by atoms with Gasteiger partial charge in [-0.25, -0.2) is 0 Å². The Morgan fingerprint density at radius 2 is 2.13 bits per heavy atom. The standard InChI is InChI=1S/C12H22O3/c1-5-12(14)7-6-9(10(13)15-4)11(2,3)8-12/h9,14H,5-8H2,1-4H3/t9-,12-/m1/s1. The number of esters is 1. The number of ether oxygens (including phenoxy) is 1. The normalized spacial score (nSPS) is 34.9. The largest absolute Gasteiger partial charge is 0.469 e. The maximum Gasteiger partial charge on any atom is 0.309 e. The van der Waals surface area contributed by atoms with Gasteiger partial charge < -0.3 is 9.84 Å². The molecule has 0 aromatic rings. The van der Waals surface area contributed by atoms with Crippen molar-refractivity contribution in [3.8, 4) is 0 Å². The third kappa shape index (κ3) is 2.51. The van der Waals surface area contributed by atoms with E-state index < -0.39 is 5.60 Å². The van der Waals surface area contributed by atoms with E-state index in [2.05, 4.69) is 0 Å². The van der Waals surface area contributed by atoms with Crippen LogP contribution in [-0.4, -0.2) is 23.8 Å². The van der Waals surface area contributed by atoms with Crippen LogP contribution >= 0.6 is 0 Å². The van der Waals surface area contributed by atoms with E-state index in [1.165, 1.54) is 7.11 Å². The summed E-state index contributed by atoms with van der Waals surface area (Å²) in [5, 5.41) is 10.2. The van der Waals surface area contributed by atoms with E-state index in [9.17, 15) is 9.90 Å². The molecule has 0 amide bonds. The zero-order chi connectivity index (χ0) is 11.7. The third-order valence-corrected chi connectivity index (χ3v) is 3.77. The van der Waals surface area contributed by atoms with Crippen LogP contribution in [0.25, 0.3) is 0 Å². The maximum absolute atomic E-state index is 11.6. The molecule has 3 nitrogen and oxygen atoms in total. The van der Waals surface area contributed by atoms with E-state index in [1.807, 2.05) is 20.8 Å². The molecular formula is C12H22O3. The Bertz CT molecular complexity index is 247. The fraction of sp³-hybridized carbons (Fsp3) is 0.917. The number of carbonyl (C=O) groups is 1. The maximum atomic E-state index is 11.6. The Labute approximate surface area is 91.8 Å². The fourth-order valence-electron chi connectivity index (χ4n) is 2.74. The lowest BCUT2D eigenvalue weighted by Crippen LogP contribution is -2.46. The van der Waals surface area contributed by atoms with Gasteiger partial charge in [0.15, 0.2) is 0 Å². The first-order valence-corrected chi connectivity index (χ1v) is 5.65. The Balaban J connectivity index is 2.79. The van der Waals surface area contributed by atoms with E-state index in [1.54, 1.807) is 0 Å². The first-order valence-electron chi connectivity index (χ1n) is 5.65. The molecule has 2 atom stereocenters. The van der Waals surface area contributed by atoms with Gasteiger partial charge in [0.25, 0.3) is 0 Å². The lowest BCUT2D eigenvalue weighted by atomic mass is 9.62.